The molecule has 1 atom stereocenters. The summed E-state index contributed by atoms with van der Waals surface area (Å²) >= 11 is 13.1. The first-order valence-corrected chi connectivity index (χ1v) is 11.3. The van der Waals surface area contributed by atoms with E-state index in [1.165, 1.54) is 12.7 Å². The Morgan fingerprint density at radius 3 is 2.46 bits per heavy atom. The van der Waals surface area contributed by atoms with Crippen LogP contribution in [-0.4, -0.2) is 17.7 Å². The molecule has 8 heteroatoms. The molecule has 1 aromatic heterocycles. The van der Waals surface area contributed by atoms with Crippen molar-refractivity contribution in [3.05, 3.63) is 44.1 Å². The molecule has 1 aromatic carbocycles. The number of nitrogens with one attached hydrogen (secondary N) is 1. The molecule has 1 unspecified atom stereocenters. The lowest BCUT2D eigenvalue weighted by Crippen LogP contribution is -2.13. The van der Waals surface area contributed by atoms with Gasteiger partial charge in [0, 0.05) is 22.4 Å². The van der Waals surface area contributed by atoms with Gasteiger partial charge in [-0.3, -0.25) is 4.57 Å². The Morgan fingerprint density at radius 1 is 1.27 bits per heavy atom. The van der Waals surface area contributed by atoms with Gasteiger partial charge in [-0.2, -0.15) is 0 Å². The van der Waals surface area contributed by atoms with E-state index < -0.39 is 13.3 Å². The Kier molecular flexibility index (Phi) is 6.15. The highest BCUT2D eigenvalue weighted by molar-refractivity contribution is 7.72. The second-order valence-corrected chi connectivity index (χ2v) is 11.2. The minimum absolute atomic E-state index is 0.0513. The van der Waals surface area contributed by atoms with Crippen molar-refractivity contribution in [3.8, 4) is 11.8 Å². The molecule has 0 amide bonds. The molecule has 0 spiro atoms. The summed E-state index contributed by atoms with van der Waals surface area (Å²) in [5.41, 5.74) is 0.0512. The molecule has 2 rings (SSSR count). The summed E-state index contributed by atoms with van der Waals surface area (Å²) in [5, 5.41) is 13.4. The molecule has 138 valence electrons. The van der Waals surface area contributed by atoms with Gasteiger partial charge >= 0.3 is 5.97 Å². The number of carboxylic acids is 1. The van der Waals surface area contributed by atoms with Gasteiger partial charge in [0.2, 0.25) is 0 Å². The number of rotatable bonds is 4. The van der Waals surface area contributed by atoms with Crippen molar-refractivity contribution in [2.24, 2.45) is 5.41 Å². The molecule has 4 nitrogen and oxygen atoms in total. The fourth-order valence-electron chi connectivity index (χ4n) is 2.06. The Balaban J connectivity index is 2.44. The topological polar surface area (TPSA) is 66.4 Å². The monoisotopic (exact) mass is 429 g/mol. The molecule has 0 aliphatic carbocycles. The number of thiophene rings is 1. The van der Waals surface area contributed by atoms with E-state index in [0.29, 0.717) is 15.2 Å². The molecule has 0 aliphatic heterocycles. The van der Waals surface area contributed by atoms with Gasteiger partial charge in [-0.15, -0.1) is 11.3 Å². The standard InChI is InChI=1S/C18H18Cl2NO3PS/c1-18(2,3)8-7-12-10-14(16(26-12)17(22)23)21-25(4,24)15-6-5-11(19)9-13(15)20/h5-6,9-10H,1-4H3,(H,21,24)(H,22,23). The minimum Gasteiger partial charge on any atom is -0.477 e. The molecule has 0 saturated carbocycles. The van der Waals surface area contributed by atoms with E-state index >= 15 is 0 Å². The third-order valence-corrected chi connectivity index (χ3v) is 6.89. The summed E-state index contributed by atoms with van der Waals surface area (Å²) in [6.45, 7) is 7.39. The van der Waals surface area contributed by atoms with Crippen molar-refractivity contribution in [1.82, 2.24) is 0 Å². The third kappa shape index (κ3) is 5.28. The molecule has 0 saturated heterocycles. The maximum Gasteiger partial charge on any atom is 0.348 e. The van der Waals surface area contributed by atoms with Crippen molar-refractivity contribution < 1.29 is 14.5 Å². The number of hydrogen-bond acceptors (Lipinski definition) is 3. The molecular formula is C18H18Cl2NO3PS. The minimum atomic E-state index is -3.17. The fourth-order valence-corrected chi connectivity index (χ4v) is 5.42. The fraction of sp³-hybridized carbons (Fsp3) is 0.278. The van der Waals surface area contributed by atoms with Crippen LogP contribution in [0, 0.1) is 17.3 Å². The van der Waals surface area contributed by atoms with Crippen LogP contribution in [0.25, 0.3) is 0 Å². The maximum atomic E-state index is 13.2. The van der Waals surface area contributed by atoms with Gasteiger partial charge in [-0.05, 0) is 45.0 Å². The normalized spacial score (nSPS) is 13.5. The Hall–Kier alpha value is -1.44. The first kappa shape index (κ1) is 20.9. The van der Waals surface area contributed by atoms with E-state index in [4.69, 9.17) is 23.2 Å². The van der Waals surface area contributed by atoms with E-state index in [2.05, 4.69) is 16.9 Å². The highest BCUT2D eigenvalue weighted by atomic mass is 35.5. The molecule has 2 aromatic rings. The van der Waals surface area contributed by atoms with Gasteiger partial charge in [0.25, 0.3) is 0 Å². The van der Waals surface area contributed by atoms with Crippen LogP contribution in [0.2, 0.25) is 10.0 Å². The van der Waals surface area contributed by atoms with Gasteiger partial charge in [0.1, 0.15) is 4.88 Å². The zero-order valence-corrected chi connectivity index (χ0v) is 17.9. The number of carboxylic acid groups (broad SMARTS) is 1. The highest BCUT2D eigenvalue weighted by Crippen LogP contribution is 2.45. The van der Waals surface area contributed by atoms with Crippen LogP contribution >= 0.6 is 41.8 Å². The summed E-state index contributed by atoms with van der Waals surface area (Å²) in [6.07, 6.45) is 0. The Labute approximate surface area is 167 Å². The molecule has 0 bridgehead atoms. The zero-order chi connectivity index (χ0) is 19.7. The average Bonchev–Trinajstić information content (AvgIpc) is 2.86. The predicted molar refractivity (Wildman–Crippen MR) is 111 cm³/mol. The van der Waals surface area contributed by atoms with Crippen molar-refractivity contribution in [2.45, 2.75) is 20.8 Å². The lowest BCUT2D eigenvalue weighted by Gasteiger charge is -2.17. The van der Waals surface area contributed by atoms with Crippen LogP contribution in [0.5, 0.6) is 0 Å². The second kappa shape index (κ2) is 7.66. The zero-order valence-electron chi connectivity index (χ0n) is 14.7. The molecule has 2 N–H and O–H groups in total. The summed E-state index contributed by atoms with van der Waals surface area (Å²) in [6, 6.07) is 6.27. The second-order valence-electron chi connectivity index (χ2n) is 6.79. The van der Waals surface area contributed by atoms with Gasteiger partial charge < -0.3 is 10.2 Å². The van der Waals surface area contributed by atoms with Crippen LogP contribution in [-0.2, 0) is 4.57 Å². The van der Waals surface area contributed by atoms with Crippen LogP contribution in [0.4, 0.5) is 5.69 Å². The lowest BCUT2D eigenvalue weighted by atomic mass is 9.98. The van der Waals surface area contributed by atoms with E-state index in [-0.39, 0.29) is 21.0 Å². The van der Waals surface area contributed by atoms with E-state index in [0.717, 1.165) is 11.3 Å². The van der Waals surface area contributed by atoms with Gasteiger partial charge in [0.05, 0.1) is 15.6 Å². The van der Waals surface area contributed by atoms with E-state index in [1.54, 1.807) is 18.2 Å². The van der Waals surface area contributed by atoms with Gasteiger partial charge in [-0.1, -0.05) is 35.0 Å². The third-order valence-electron chi connectivity index (χ3n) is 3.19. The number of hydrogen-bond donors (Lipinski definition) is 2. The number of halogens is 2. The lowest BCUT2D eigenvalue weighted by molar-refractivity contribution is 0.0703. The van der Waals surface area contributed by atoms with Crippen molar-refractivity contribution in [2.75, 3.05) is 11.8 Å². The first-order valence-electron chi connectivity index (χ1n) is 7.61. The van der Waals surface area contributed by atoms with Crippen LogP contribution in [0.3, 0.4) is 0 Å². The van der Waals surface area contributed by atoms with Gasteiger partial charge in [0.15, 0.2) is 7.29 Å². The number of benzene rings is 1. The van der Waals surface area contributed by atoms with E-state index in [9.17, 15) is 14.5 Å². The summed E-state index contributed by atoms with van der Waals surface area (Å²) in [4.78, 5) is 12.2. The molecular weight excluding hydrogens is 412 g/mol. The largest absolute Gasteiger partial charge is 0.477 e. The number of aromatic carboxylic acids is 1. The van der Waals surface area contributed by atoms with Crippen LogP contribution in [0.1, 0.15) is 35.3 Å². The maximum absolute atomic E-state index is 13.2. The number of anilines is 1. The average molecular weight is 430 g/mol. The van der Waals surface area contributed by atoms with E-state index in [1.807, 2.05) is 20.8 Å². The predicted octanol–water partition coefficient (Wildman–Crippen LogP) is 5.80. The molecule has 26 heavy (non-hydrogen) atoms. The molecule has 1 heterocycles. The van der Waals surface area contributed by atoms with Crippen molar-refractivity contribution >= 4 is 58.8 Å². The van der Waals surface area contributed by atoms with Crippen molar-refractivity contribution in [1.29, 1.82) is 0 Å². The summed E-state index contributed by atoms with van der Waals surface area (Å²) in [5.74, 6) is 4.93. The van der Waals surface area contributed by atoms with Crippen molar-refractivity contribution in [3.63, 3.8) is 0 Å². The van der Waals surface area contributed by atoms with Gasteiger partial charge in [-0.25, -0.2) is 4.79 Å². The van der Waals surface area contributed by atoms with Crippen LogP contribution < -0.4 is 10.4 Å². The Bertz CT molecular complexity index is 967. The Morgan fingerprint density at radius 2 is 1.92 bits per heavy atom. The smallest absolute Gasteiger partial charge is 0.348 e. The number of carbonyl (C=O) groups is 1. The first-order chi connectivity index (χ1) is 11.9. The summed E-state index contributed by atoms with van der Waals surface area (Å²) < 4.78 is 13.2. The molecule has 0 radical (unpaired) electrons. The summed E-state index contributed by atoms with van der Waals surface area (Å²) in [7, 11) is -3.17. The highest BCUT2D eigenvalue weighted by Gasteiger charge is 2.25. The SMILES string of the molecule is CC(C)(C)C#Cc1cc(NP(C)(=O)c2ccc(Cl)cc2Cl)c(C(=O)O)s1. The molecule has 0 fully saturated rings. The quantitative estimate of drug-likeness (QED) is 0.476. The van der Waals surface area contributed by atoms with Crippen LogP contribution in [0.15, 0.2) is 24.3 Å². The molecule has 0 aliphatic rings.